The Kier molecular flexibility index (Phi) is 6.94. The van der Waals surface area contributed by atoms with Crippen molar-refractivity contribution >= 4 is 23.5 Å². The first-order valence-electron chi connectivity index (χ1n) is 10.9. The second-order valence-corrected chi connectivity index (χ2v) is 8.96. The normalized spacial score (nSPS) is 19.1. The molecule has 2 atom stereocenters. The molecule has 1 saturated heterocycles. The van der Waals surface area contributed by atoms with Gasteiger partial charge in [0.1, 0.15) is 5.82 Å². The van der Waals surface area contributed by atoms with Crippen molar-refractivity contribution in [1.29, 1.82) is 5.26 Å². The number of amides is 1. The number of likely N-dealkylation sites (tertiary alicyclic amines) is 1. The zero-order valence-electron chi connectivity index (χ0n) is 18.7. The maximum Gasteiger partial charge on any atom is 0.265 e. The molecule has 0 radical (unpaired) electrons. The van der Waals surface area contributed by atoms with Crippen LogP contribution in [0.25, 0.3) is 11.1 Å². The number of nitrogens with one attached hydrogen (secondary N) is 1. The van der Waals surface area contributed by atoms with E-state index < -0.39 is 36.2 Å². The number of nitriles is 1. The van der Waals surface area contributed by atoms with Gasteiger partial charge < -0.3 is 10.2 Å². The van der Waals surface area contributed by atoms with Crippen molar-refractivity contribution in [2.75, 3.05) is 18.4 Å². The fraction of sp³-hybridized carbons (Fsp3) is 0.280. The van der Waals surface area contributed by atoms with Crippen LogP contribution in [0.1, 0.15) is 29.3 Å². The van der Waals surface area contributed by atoms with E-state index in [9.17, 15) is 23.2 Å². The molecule has 1 aliphatic heterocycles. The Morgan fingerprint density at radius 2 is 1.91 bits per heavy atom. The van der Waals surface area contributed by atoms with Crippen LogP contribution < -0.4 is 5.32 Å². The summed E-state index contributed by atoms with van der Waals surface area (Å²) >= 11 is 5.81. The number of rotatable bonds is 5. The third-order valence-electron chi connectivity index (χ3n) is 5.96. The van der Waals surface area contributed by atoms with Crippen molar-refractivity contribution < 1.29 is 18.0 Å². The molecular formula is C25H21ClF3N5O. The summed E-state index contributed by atoms with van der Waals surface area (Å²) in [5.74, 6) is -4.46. The minimum Gasteiger partial charge on any atom is -0.352 e. The third kappa shape index (κ3) is 5.54. The number of nitrogens with zero attached hydrogens (tertiary/aromatic N) is 4. The van der Waals surface area contributed by atoms with Gasteiger partial charge in [-0.25, -0.2) is 23.1 Å². The highest BCUT2D eigenvalue weighted by Gasteiger charge is 2.46. The van der Waals surface area contributed by atoms with E-state index >= 15 is 0 Å². The minimum atomic E-state index is -3.08. The van der Waals surface area contributed by atoms with Crippen LogP contribution >= 0.6 is 11.6 Å². The van der Waals surface area contributed by atoms with E-state index in [4.69, 9.17) is 11.6 Å². The SMILES string of the molecule is C[C@@H]1CC(F)(F)CN(C(=O)c2cc(C#N)ccc2-c2ccc(F)cc2)C1CNc1ncc(Cl)cn1. The largest absolute Gasteiger partial charge is 0.352 e. The summed E-state index contributed by atoms with van der Waals surface area (Å²) in [6.45, 7) is 1.02. The van der Waals surface area contributed by atoms with Crippen LogP contribution in [-0.4, -0.2) is 45.8 Å². The molecule has 6 nitrogen and oxygen atoms in total. The van der Waals surface area contributed by atoms with E-state index in [1.807, 2.05) is 6.07 Å². The number of aromatic nitrogens is 2. The highest BCUT2D eigenvalue weighted by Crippen LogP contribution is 2.36. The van der Waals surface area contributed by atoms with Crippen molar-refractivity contribution in [3.8, 4) is 17.2 Å². The van der Waals surface area contributed by atoms with Gasteiger partial charge >= 0.3 is 0 Å². The highest BCUT2D eigenvalue weighted by molar-refractivity contribution is 6.30. The minimum absolute atomic E-state index is 0.0910. The van der Waals surface area contributed by atoms with Gasteiger partial charge in [0.05, 0.1) is 41.6 Å². The topological polar surface area (TPSA) is 81.9 Å². The van der Waals surface area contributed by atoms with Crippen LogP contribution in [0.4, 0.5) is 19.1 Å². The van der Waals surface area contributed by atoms with Crippen molar-refractivity contribution in [2.45, 2.75) is 25.3 Å². The van der Waals surface area contributed by atoms with Crippen LogP contribution in [0.2, 0.25) is 5.02 Å². The molecule has 4 rings (SSSR count). The smallest absolute Gasteiger partial charge is 0.265 e. The fourth-order valence-corrected chi connectivity index (χ4v) is 4.40. The standard InChI is InChI=1S/C25H21ClF3N5O/c1-15-9-25(28,29)14-34(22(15)13-33-24-31-11-18(26)12-32-24)23(35)21-8-16(10-30)2-7-20(21)17-3-5-19(27)6-4-17/h2-8,11-12,15,22H,9,13-14H2,1H3,(H,31,32,33)/t15-,22?/m1/s1. The molecule has 1 N–H and O–H groups in total. The zero-order valence-corrected chi connectivity index (χ0v) is 19.4. The van der Waals surface area contributed by atoms with E-state index in [0.29, 0.717) is 16.1 Å². The Morgan fingerprint density at radius 1 is 1.23 bits per heavy atom. The molecule has 180 valence electrons. The number of carbonyl (C=O) groups is 1. The number of halogens is 4. The van der Waals surface area contributed by atoms with E-state index in [1.165, 1.54) is 48.8 Å². The summed E-state index contributed by atoms with van der Waals surface area (Å²) < 4.78 is 42.7. The predicted octanol–water partition coefficient (Wildman–Crippen LogP) is 5.41. The number of benzene rings is 2. The summed E-state index contributed by atoms with van der Waals surface area (Å²) in [5.41, 5.74) is 1.25. The molecule has 1 unspecified atom stereocenters. The van der Waals surface area contributed by atoms with Gasteiger partial charge in [-0.2, -0.15) is 5.26 Å². The van der Waals surface area contributed by atoms with Gasteiger partial charge in [0.15, 0.2) is 0 Å². The van der Waals surface area contributed by atoms with E-state index in [2.05, 4.69) is 15.3 Å². The summed E-state index contributed by atoms with van der Waals surface area (Å²) in [7, 11) is 0. The van der Waals surface area contributed by atoms with E-state index in [-0.39, 0.29) is 30.0 Å². The lowest BCUT2D eigenvalue weighted by atomic mass is 9.87. The average molecular weight is 500 g/mol. The Morgan fingerprint density at radius 3 is 2.57 bits per heavy atom. The molecule has 0 aliphatic carbocycles. The summed E-state index contributed by atoms with van der Waals surface area (Å²) in [4.78, 5) is 23.0. The molecule has 0 saturated carbocycles. The van der Waals surface area contributed by atoms with Crippen molar-refractivity contribution in [3.63, 3.8) is 0 Å². The number of hydrogen-bond acceptors (Lipinski definition) is 5. The first kappa shape index (κ1) is 24.5. The maximum atomic E-state index is 14.6. The molecule has 0 bridgehead atoms. The average Bonchev–Trinajstić information content (AvgIpc) is 2.83. The third-order valence-corrected chi connectivity index (χ3v) is 6.16. The highest BCUT2D eigenvalue weighted by atomic mass is 35.5. The van der Waals surface area contributed by atoms with Crippen LogP contribution in [0.5, 0.6) is 0 Å². The van der Waals surface area contributed by atoms with Gasteiger partial charge in [-0.1, -0.05) is 36.7 Å². The van der Waals surface area contributed by atoms with Crippen molar-refractivity contribution in [3.05, 3.63) is 76.8 Å². The molecule has 1 aromatic heterocycles. The second kappa shape index (κ2) is 9.92. The molecule has 10 heteroatoms. The monoisotopic (exact) mass is 499 g/mol. The number of alkyl halides is 2. The molecule has 2 heterocycles. The lowest BCUT2D eigenvalue weighted by molar-refractivity contribution is -0.0897. The van der Waals surface area contributed by atoms with Gasteiger partial charge in [0, 0.05) is 18.5 Å². The zero-order chi connectivity index (χ0) is 25.2. The first-order valence-corrected chi connectivity index (χ1v) is 11.2. The molecule has 3 aromatic rings. The van der Waals surface area contributed by atoms with Crippen LogP contribution in [0.15, 0.2) is 54.9 Å². The number of hydrogen-bond donors (Lipinski definition) is 1. The Balaban J connectivity index is 1.70. The maximum absolute atomic E-state index is 14.6. The Bertz CT molecular complexity index is 1260. The van der Waals surface area contributed by atoms with Gasteiger partial charge in [0.25, 0.3) is 11.8 Å². The summed E-state index contributed by atoms with van der Waals surface area (Å²) in [6, 6.07) is 11.3. The summed E-state index contributed by atoms with van der Waals surface area (Å²) in [5, 5.41) is 12.7. The number of piperidine rings is 1. The first-order chi connectivity index (χ1) is 16.7. The van der Waals surface area contributed by atoms with Gasteiger partial charge in [-0.3, -0.25) is 4.79 Å². The number of anilines is 1. The second-order valence-electron chi connectivity index (χ2n) is 8.52. The lowest BCUT2D eigenvalue weighted by Crippen LogP contribution is -2.57. The van der Waals surface area contributed by atoms with Crippen LogP contribution in [-0.2, 0) is 0 Å². The van der Waals surface area contributed by atoms with Crippen LogP contribution in [0.3, 0.4) is 0 Å². The van der Waals surface area contributed by atoms with Gasteiger partial charge in [-0.05, 0) is 41.3 Å². The van der Waals surface area contributed by atoms with E-state index in [0.717, 1.165) is 4.90 Å². The van der Waals surface area contributed by atoms with Crippen LogP contribution in [0, 0.1) is 23.1 Å². The molecular weight excluding hydrogens is 479 g/mol. The summed E-state index contributed by atoms with van der Waals surface area (Å²) in [6.07, 6.45) is 2.43. The van der Waals surface area contributed by atoms with Gasteiger partial charge in [0.2, 0.25) is 5.95 Å². The van der Waals surface area contributed by atoms with Crippen molar-refractivity contribution in [1.82, 2.24) is 14.9 Å². The molecule has 1 aliphatic rings. The molecule has 2 aromatic carbocycles. The fourth-order valence-electron chi connectivity index (χ4n) is 4.31. The van der Waals surface area contributed by atoms with Crippen molar-refractivity contribution in [2.24, 2.45) is 5.92 Å². The Hall–Kier alpha value is -3.64. The Labute approximate surface area is 205 Å². The molecule has 1 amide bonds. The molecule has 0 spiro atoms. The number of carbonyl (C=O) groups excluding carboxylic acids is 1. The molecule has 35 heavy (non-hydrogen) atoms. The quantitative estimate of drug-likeness (QED) is 0.508. The lowest BCUT2D eigenvalue weighted by Gasteiger charge is -2.43. The molecule has 1 fully saturated rings. The predicted molar refractivity (Wildman–Crippen MR) is 126 cm³/mol. The van der Waals surface area contributed by atoms with Gasteiger partial charge in [-0.15, -0.1) is 0 Å². The van der Waals surface area contributed by atoms with E-state index in [1.54, 1.807) is 13.0 Å².